The van der Waals surface area contributed by atoms with Crippen LogP contribution in [0.25, 0.3) is 0 Å². The van der Waals surface area contributed by atoms with Crippen molar-refractivity contribution in [1.82, 2.24) is 9.13 Å². The van der Waals surface area contributed by atoms with Crippen LogP contribution in [0.5, 0.6) is 0 Å². The first-order valence-corrected chi connectivity index (χ1v) is 6.93. The summed E-state index contributed by atoms with van der Waals surface area (Å²) in [6.45, 7) is 2.64. The molecular weight excluding hydrogens is 260 g/mol. The highest BCUT2D eigenvalue weighted by Crippen LogP contribution is 2.16. The van der Waals surface area contributed by atoms with Crippen molar-refractivity contribution in [3.8, 4) is 0 Å². The molecule has 1 aromatic heterocycles. The van der Waals surface area contributed by atoms with Gasteiger partial charge in [0.2, 0.25) is 0 Å². The van der Waals surface area contributed by atoms with Gasteiger partial charge < -0.3 is 4.74 Å². The molecule has 0 bridgehead atoms. The molecule has 0 N–H and O–H groups in total. The molecule has 1 aliphatic rings. The second-order valence-corrected chi connectivity index (χ2v) is 5.22. The molecule has 0 spiro atoms. The first kappa shape index (κ1) is 14.7. The fourth-order valence-electron chi connectivity index (χ4n) is 2.49. The number of Topliss-reactive ketones (excluding diaryl/α,β-unsaturated/α-hetero) is 1. The molecule has 6 nitrogen and oxygen atoms in total. The van der Waals surface area contributed by atoms with E-state index in [4.69, 9.17) is 4.74 Å². The maximum Gasteiger partial charge on any atom is 0.330 e. The predicted octanol–water partition coefficient (Wildman–Crippen LogP) is 0.709. The van der Waals surface area contributed by atoms with Crippen LogP contribution < -0.4 is 11.2 Å². The lowest BCUT2D eigenvalue weighted by atomic mass is 10.1. The highest BCUT2D eigenvalue weighted by atomic mass is 16.5. The zero-order valence-corrected chi connectivity index (χ0v) is 11.9. The van der Waals surface area contributed by atoms with E-state index in [2.05, 4.69) is 0 Å². The number of hydrogen-bond acceptors (Lipinski definition) is 4. The Bertz CT molecular complexity index is 609. The topological polar surface area (TPSA) is 70.3 Å². The molecule has 0 saturated carbocycles. The van der Waals surface area contributed by atoms with Crippen molar-refractivity contribution in [1.29, 1.82) is 0 Å². The Labute approximate surface area is 117 Å². The summed E-state index contributed by atoms with van der Waals surface area (Å²) in [7, 11) is 1.40. The first-order valence-electron chi connectivity index (χ1n) is 6.93. The highest BCUT2D eigenvalue weighted by molar-refractivity contribution is 5.93. The molecule has 1 aromatic rings. The standard InChI is InChI=1S/C14H20N2O4/c1-10(17)12-9-16(14(19)15(2)13(12)18)7-3-5-11-6-4-8-20-11/h9,11H,3-8H2,1-2H3. The Morgan fingerprint density at radius 1 is 1.45 bits per heavy atom. The van der Waals surface area contributed by atoms with Crippen molar-refractivity contribution in [2.75, 3.05) is 6.61 Å². The van der Waals surface area contributed by atoms with Crippen LogP contribution in [0.2, 0.25) is 0 Å². The van der Waals surface area contributed by atoms with Gasteiger partial charge in [0.1, 0.15) is 0 Å². The number of aryl methyl sites for hydroxylation is 1. The lowest BCUT2D eigenvalue weighted by molar-refractivity contribution is 0.100. The summed E-state index contributed by atoms with van der Waals surface area (Å²) in [5, 5.41) is 0. The van der Waals surface area contributed by atoms with Gasteiger partial charge in [0.15, 0.2) is 5.78 Å². The van der Waals surface area contributed by atoms with Gasteiger partial charge in [-0.25, -0.2) is 4.79 Å². The maximum atomic E-state index is 12.0. The molecule has 110 valence electrons. The first-order chi connectivity index (χ1) is 9.50. The molecule has 1 unspecified atom stereocenters. The highest BCUT2D eigenvalue weighted by Gasteiger charge is 2.16. The van der Waals surface area contributed by atoms with Crippen molar-refractivity contribution in [3.63, 3.8) is 0 Å². The van der Waals surface area contributed by atoms with Gasteiger partial charge in [-0.1, -0.05) is 0 Å². The SMILES string of the molecule is CC(=O)c1cn(CCCC2CCCO2)c(=O)n(C)c1=O. The van der Waals surface area contributed by atoms with E-state index in [0.717, 1.165) is 36.9 Å². The Morgan fingerprint density at radius 2 is 2.20 bits per heavy atom. The van der Waals surface area contributed by atoms with Crippen LogP contribution in [-0.4, -0.2) is 27.6 Å². The van der Waals surface area contributed by atoms with E-state index in [0.29, 0.717) is 6.54 Å². The van der Waals surface area contributed by atoms with Gasteiger partial charge in [0, 0.05) is 26.4 Å². The van der Waals surface area contributed by atoms with E-state index in [1.165, 1.54) is 24.7 Å². The van der Waals surface area contributed by atoms with Crippen LogP contribution in [-0.2, 0) is 18.3 Å². The van der Waals surface area contributed by atoms with Gasteiger partial charge in [-0.15, -0.1) is 0 Å². The molecule has 0 aromatic carbocycles. The van der Waals surface area contributed by atoms with E-state index >= 15 is 0 Å². The average molecular weight is 280 g/mol. The Hall–Kier alpha value is -1.69. The lowest BCUT2D eigenvalue weighted by Crippen LogP contribution is -2.40. The quantitative estimate of drug-likeness (QED) is 0.745. The third-order valence-electron chi connectivity index (χ3n) is 3.68. The van der Waals surface area contributed by atoms with Crippen molar-refractivity contribution < 1.29 is 9.53 Å². The summed E-state index contributed by atoms with van der Waals surface area (Å²) in [6, 6.07) is 0. The Kier molecular flexibility index (Phi) is 4.54. The number of aromatic nitrogens is 2. The van der Waals surface area contributed by atoms with Crippen LogP contribution >= 0.6 is 0 Å². The van der Waals surface area contributed by atoms with Gasteiger partial charge in [-0.05, 0) is 32.6 Å². The number of carbonyl (C=O) groups is 1. The van der Waals surface area contributed by atoms with Crippen LogP contribution in [0.3, 0.4) is 0 Å². The molecule has 2 heterocycles. The Balaban J connectivity index is 2.12. The molecule has 1 fully saturated rings. The van der Waals surface area contributed by atoms with Crippen molar-refractivity contribution in [3.05, 3.63) is 32.6 Å². The van der Waals surface area contributed by atoms with E-state index in [9.17, 15) is 14.4 Å². The number of rotatable bonds is 5. The lowest BCUT2D eigenvalue weighted by Gasteiger charge is -2.11. The average Bonchev–Trinajstić information content (AvgIpc) is 2.91. The van der Waals surface area contributed by atoms with Crippen LogP contribution in [0, 0.1) is 0 Å². The van der Waals surface area contributed by atoms with Crippen LogP contribution in [0.4, 0.5) is 0 Å². The minimum absolute atomic E-state index is 0.0595. The number of hydrogen-bond donors (Lipinski definition) is 0. The minimum atomic E-state index is -0.530. The van der Waals surface area contributed by atoms with E-state index < -0.39 is 5.56 Å². The van der Waals surface area contributed by atoms with Crippen molar-refractivity contribution in [2.45, 2.75) is 45.3 Å². The molecular formula is C14H20N2O4. The second-order valence-electron chi connectivity index (χ2n) is 5.22. The molecule has 20 heavy (non-hydrogen) atoms. The van der Waals surface area contributed by atoms with Gasteiger partial charge >= 0.3 is 5.69 Å². The van der Waals surface area contributed by atoms with Crippen molar-refractivity contribution >= 4 is 5.78 Å². The molecule has 1 aliphatic heterocycles. The monoisotopic (exact) mass is 280 g/mol. The summed E-state index contributed by atoms with van der Waals surface area (Å²) in [6.07, 6.45) is 5.51. The normalized spacial score (nSPS) is 18.4. The van der Waals surface area contributed by atoms with Gasteiger partial charge in [0.05, 0.1) is 11.7 Å². The summed E-state index contributed by atoms with van der Waals surface area (Å²) in [5.74, 6) is -0.321. The molecule has 1 atom stereocenters. The number of ketones is 1. The summed E-state index contributed by atoms with van der Waals surface area (Å²) in [4.78, 5) is 35.2. The van der Waals surface area contributed by atoms with Gasteiger partial charge in [0.25, 0.3) is 5.56 Å². The van der Waals surface area contributed by atoms with Crippen LogP contribution in [0.15, 0.2) is 15.8 Å². The molecule has 0 amide bonds. The third-order valence-corrected chi connectivity index (χ3v) is 3.68. The predicted molar refractivity (Wildman–Crippen MR) is 74.2 cm³/mol. The summed E-state index contributed by atoms with van der Waals surface area (Å²) in [5.41, 5.74) is -0.852. The molecule has 0 radical (unpaired) electrons. The number of nitrogens with zero attached hydrogens (tertiary/aromatic N) is 2. The fraction of sp³-hybridized carbons (Fsp3) is 0.643. The summed E-state index contributed by atoms with van der Waals surface area (Å²) >= 11 is 0. The Morgan fingerprint density at radius 3 is 2.80 bits per heavy atom. The van der Waals surface area contributed by atoms with E-state index in [1.54, 1.807) is 0 Å². The second kappa shape index (κ2) is 6.17. The summed E-state index contributed by atoms with van der Waals surface area (Å²) < 4.78 is 7.96. The van der Waals surface area contributed by atoms with Gasteiger partial charge in [-0.2, -0.15) is 0 Å². The molecule has 2 rings (SSSR count). The minimum Gasteiger partial charge on any atom is -0.378 e. The number of ether oxygens (including phenoxy) is 1. The zero-order valence-electron chi connectivity index (χ0n) is 11.9. The van der Waals surface area contributed by atoms with Gasteiger partial charge in [-0.3, -0.25) is 18.7 Å². The third kappa shape index (κ3) is 3.07. The smallest absolute Gasteiger partial charge is 0.330 e. The van der Waals surface area contributed by atoms with Crippen molar-refractivity contribution in [2.24, 2.45) is 7.05 Å². The molecule has 6 heteroatoms. The van der Waals surface area contributed by atoms with E-state index in [1.807, 2.05) is 0 Å². The maximum absolute atomic E-state index is 12.0. The largest absolute Gasteiger partial charge is 0.378 e. The zero-order chi connectivity index (χ0) is 14.7. The molecule has 0 aliphatic carbocycles. The number of carbonyl (C=O) groups excluding carboxylic acids is 1. The fourth-order valence-corrected chi connectivity index (χ4v) is 2.49. The molecule has 1 saturated heterocycles. The van der Waals surface area contributed by atoms with Crippen LogP contribution in [0.1, 0.15) is 43.0 Å². The van der Waals surface area contributed by atoms with E-state index in [-0.39, 0.29) is 23.1 Å².